The lowest BCUT2D eigenvalue weighted by Gasteiger charge is -2.11. The summed E-state index contributed by atoms with van der Waals surface area (Å²) in [6, 6.07) is 11.3. The van der Waals surface area contributed by atoms with Gasteiger partial charge in [-0.05, 0) is 31.2 Å². The molecule has 0 amide bonds. The molecular weight excluding hydrogens is 324 g/mol. The van der Waals surface area contributed by atoms with Crippen molar-refractivity contribution in [3.05, 3.63) is 59.0 Å². The highest BCUT2D eigenvalue weighted by Crippen LogP contribution is 2.30. The van der Waals surface area contributed by atoms with Gasteiger partial charge in [0.25, 0.3) is 10.0 Å². The standard InChI is InChI=1S/C15H13ClN2O3S/c1-10-7-14-13(15(16)17-10)8-11(9-19)18(14)22(20,21)12-5-3-2-4-6-12/h2-8,19H,9H2,1H3. The van der Waals surface area contributed by atoms with Crippen molar-refractivity contribution in [3.8, 4) is 0 Å². The van der Waals surface area contributed by atoms with Crippen LogP contribution in [0.4, 0.5) is 0 Å². The predicted molar refractivity (Wildman–Crippen MR) is 84.4 cm³/mol. The number of hydrogen-bond acceptors (Lipinski definition) is 4. The van der Waals surface area contributed by atoms with Crippen LogP contribution in [0.2, 0.25) is 5.15 Å². The number of nitrogens with zero attached hydrogens (tertiary/aromatic N) is 2. The third-order valence-corrected chi connectivity index (χ3v) is 5.42. The molecular formula is C15H13ClN2O3S. The van der Waals surface area contributed by atoms with E-state index in [1.165, 1.54) is 12.1 Å². The van der Waals surface area contributed by atoms with E-state index in [0.29, 0.717) is 16.6 Å². The van der Waals surface area contributed by atoms with E-state index in [1.807, 2.05) is 0 Å². The summed E-state index contributed by atoms with van der Waals surface area (Å²) in [6.45, 7) is 1.31. The Labute approximate surface area is 132 Å². The maximum absolute atomic E-state index is 12.9. The number of rotatable bonds is 3. The molecule has 114 valence electrons. The van der Waals surface area contributed by atoms with Crippen molar-refractivity contribution in [2.24, 2.45) is 0 Å². The van der Waals surface area contributed by atoms with Crippen molar-refractivity contribution in [2.75, 3.05) is 0 Å². The fraction of sp³-hybridized carbons (Fsp3) is 0.133. The zero-order valence-corrected chi connectivity index (χ0v) is 13.3. The lowest BCUT2D eigenvalue weighted by Crippen LogP contribution is -2.15. The zero-order valence-electron chi connectivity index (χ0n) is 11.7. The number of benzene rings is 1. The number of pyridine rings is 1. The van der Waals surface area contributed by atoms with Crippen LogP contribution in [-0.4, -0.2) is 22.5 Å². The molecule has 0 spiro atoms. The molecule has 0 aliphatic heterocycles. The van der Waals surface area contributed by atoms with Crippen LogP contribution < -0.4 is 0 Å². The molecule has 2 heterocycles. The number of aliphatic hydroxyl groups excluding tert-OH is 1. The van der Waals surface area contributed by atoms with Crippen LogP contribution in [0.5, 0.6) is 0 Å². The molecule has 0 aliphatic rings. The molecule has 1 aromatic carbocycles. The molecule has 3 rings (SSSR count). The quantitative estimate of drug-likeness (QED) is 0.746. The van der Waals surface area contributed by atoms with Crippen molar-refractivity contribution in [2.45, 2.75) is 18.4 Å². The number of aliphatic hydroxyl groups is 1. The van der Waals surface area contributed by atoms with Crippen molar-refractivity contribution in [1.29, 1.82) is 0 Å². The SMILES string of the molecule is Cc1cc2c(cc(CO)n2S(=O)(=O)c2ccccc2)c(Cl)n1. The van der Waals surface area contributed by atoms with Crippen LogP contribution in [0.15, 0.2) is 47.4 Å². The Balaban J connectivity index is 2.40. The number of fused-ring (bicyclic) bond motifs is 1. The van der Waals surface area contributed by atoms with Gasteiger partial charge >= 0.3 is 0 Å². The van der Waals surface area contributed by atoms with E-state index in [-0.39, 0.29) is 15.7 Å². The predicted octanol–water partition coefficient (Wildman–Crippen LogP) is 2.73. The molecule has 0 aliphatic carbocycles. The molecule has 2 aromatic heterocycles. The first-order chi connectivity index (χ1) is 10.4. The summed E-state index contributed by atoms with van der Waals surface area (Å²) in [5, 5.41) is 10.3. The smallest absolute Gasteiger partial charge is 0.268 e. The molecule has 5 nitrogen and oxygen atoms in total. The zero-order chi connectivity index (χ0) is 15.9. The minimum Gasteiger partial charge on any atom is -0.390 e. The summed E-state index contributed by atoms with van der Waals surface area (Å²) < 4.78 is 26.9. The van der Waals surface area contributed by atoms with Gasteiger partial charge in [0.05, 0.1) is 22.7 Å². The largest absolute Gasteiger partial charge is 0.390 e. The maximum Gasteiger partial charge on any atom is 0.268 e. The summed E-state index contributed by atoms with van der Waals surface area (Å²) in [6.07, 6.45) is 0. The van der Waals surface area contributed by atoms with E-state index in [2.05, 4.69) is 4.98 Å². The number of aryl methyl sites for hydroxylation is 1. The highest BCUT2D eigenvalue weighted by molar-refractivity contribution is 7.90. The third kappa shape index (κ3) is 2.29. The second-order valence-corrected chi connectivity index (χ2v) is 7.01. The van der Waals surface area contributed by atoms with Gasteiger partial charge in [-0.15, -0.1) is 0 Å². The van der Waals surface area contributed by atoms with E-state index in [1.54, 1.807) is 37.3 Å². The van der Waals surface area contributed by atoms with Gasteiger partial charge in [0.2, 0.25) is 0 Å². The van der Waals surface area contributed by atoms with Crippen LogP contribution in [0.25, 0.3) is 10.9 Å². The molecule has 0 fully saturated rings. The topological polar surface area (TPSA) is 72.2 Å². The van der Waals surface area contributed by atoms with Crippen molar-refractivity contribution in [3.63, 3.8) is 0 Å². The fourth-order valence-electron chi connectivity index (χ4n) is 2.40. The Bertz CT molecular complexity index is 950. The Morgan fingerprint density at radius 2 is 1.91 bits per heavy atom. The van der Waals surface area contributed by atoms with Gasteiger partial charge < -0.3 is 5.11 Å². The summed E-state index contributed by atoms with van der Waals surface area (Å²) >= 11 is 6.10. The molecule has 0 bridgehead atoms. The fourth-order valence-corrected chi connectivity index (χ4v) is 4.23. The molecule has 0 atom stereocenters. The van der Waals surface area contributed by atoms with Gasteiger partial charge in [-0.2, -0.15) is 0 Å². The lowest BCUT2D eigenvalue weighted by atomic mass is 10.3. The van der Waals surface area contributed by atoms with Crippen LogP contribution in [-0.2, 0) is 16.6 Å². The minimum absolute atomic E-state index is 0.146. The van der Waals surface area contributed by atoms with Crippen LogP contribution in [0.1, 0.15) is 11.4 Å². The molecule has 3 aromatic rings. The number of hydrogen-bond donors (Lipinski definition) is 1. The molecule has 0 saturated heterocycles. The van der Waals surface area contributed by atoms with E-state index in [0.717, 1.165) is 3.97 Å². The summed E-state index contributed by atoms with van der Waals surface area (Å²) in [7, 11) is -3.83. The minimum atomic E-state index is -3.83. The molecule has 7 heteroatoms. The average molecular weight is 337 g/mol. The molecule has 22 heavy (non-hydrogen) atoms. The van der Waals surface area contributed by atoms with Crippen LogP contribution >= 0.6 is 11.6 Å². The van der Waals surface area contributed by atoms with E-state index in [9.17, 15) is 13.5 Å². The van der Waals surface area contributed by atoms with Gasteiger partial charge in [-0.1, -0.05) is 29.8 Å². The molecule has 1 N–H and O–H groups in total. The summed E-state index contributed by atoms with van der Waals surface area (Å²) in [5.74, 6) is 0. The number of aromatic nitrogens is 2. The van der Waals surface area contributed by atoms with Gasteiger partial charge in [0.1, 0.15) is 5.15 Å². The van der Waals surface area contributed by atoms with Gasteiger partial charge in [0, 0.05) is 11.1 Å². The van der Waals surface area contributed by atoms with Crippen molar-refractivity contribution in [1.82, 2.24) is 8.96 Å². The normalized spacial score (nSPS) is 12.0. The van der Waals surface area contributed by atoms with Crippen LogP contribution in [0.3, 0.4) is 0 Å². The highest BCUT2D eigenvalue weighted by atomic mass is 35.5. The summed E-state index contributed by atoms with van der Waals surface area (Å²) in [4.78, 5) is 4.27. The number of halogens is 1. The maximum atomic E-state index is 12.9. The Hall–Kier alpha value is -1.89. The van der Waals surface area contributed by atoms with E-state index in [4.69, 9.17) is 11.6 Å². The Morgan fingerprint density at radius 1 is 1.23 bits per heavy atom. The molecule has 0 unspecified atom stereocenters. The first-order valence-electron chi connectivity index (χ1n) is 6.54. The second-order valence-electron chi connectivity index (χ2n) is 4.86. The average Bonchev–Trinajstić information content (AvgIpc) is 2.87. The highest BCUT2D eigenvalue weighted by Gasteiger charge is 2.24. The summed E-state index contributed by atoms with van der Waals surface area (Å²) in [5.41, 5.74) is 1.25. The first-order valence-corrected chi connectivity index (χ1v) is 8.36. The van der Waals surface area contributed by atoms with Gasteiger partial charge in [-0.25, -0.2) is 17.4 Å². The molecule has 0 saturated carbocycles. The van der Waals surface area contributed by atoms with Crippen molar-refractivity contribution < 1.29 is 13.5 Å². The third-order valence-electron chi connectivity index (χ3n) is 3.35. The van der Waals surface area contributed by atoms with E-state index < -0.39 is 16.6 Å². The second kappa shape index (κ2) is 5.39. The molecule has 0 radical (unpaired) electrons. The lowest BCUT2D eigenvalue weighted by molar-refractivity contribution is 0.276. The van der Waals surface area contributed by atoms with Crippen molar-refractivity contribution >= 4 is 32.5 Å². The van der Waals surface area contributed by atoms with Crippen LogP contribution in [0, 0.1) is 6.92 Å². The van der Waals surface area contributed by atoms with E-state index >= 15 is 0 Å². The first kappa shape index (κ1) is 15.0. The van der Waals surface area contributed by atoms with Gasteiger partial charge in [0.15, 0.2) is 0 Å². The Kier molecular flexibility index (Phi) is 3.68. The Morgan fingerprint density at radius 3 is 2.55 bits per heavy atom. The monoisotopic (exact) mass is 336 g/mol. The van der Waals surface area contributed by atoms with Gasteiger partial charge in [-0.3, -0.25) is 0 Å².